The first-order valence-corrected chi connectivity index (χ1v) is 4.67. The number of nitrogens with two attached hydrogens (primary N) is 1. The Morgan fingerprint density at radius 1 is 1.00 bits per heavy atom. The Balaban J connectivity index is 3.78. The highest BCUT2D eigenvalue weighted by molar-refractivity contribution is 6.32. The van der Waals surface area contributed by atoms with E-state index in [0.717, 1.165) is 0 Å². The Labute approximate surface area is 91.6 Å². The average Bonchev–Trinajstić information content (AvgIpc) is 2.22. The lowest BCUT2D eigenvalue weighted by atomic mass is 10.2. The Hall–Kier alpha value is -1.76. The van der Waals surface area contributed by atoms with Gasteiger partial charge in [0.05, 0.1) is 6.42 Å². The predicted molar refractivity (Wildman–Crippen MR) is 51.3 cm³/mol. The lowest BCUT2D eigenvalue weighted by Gasteiger charge is -2.01. The molecule has 0 aliphatic carbocycles. The van der Waals surface area contributed by atoms with Gasteiger partial charge < -0.3 is 15.6 Å². The van der Waals surface area contributed by atoms with Crippen molar-refractivity contribution in [2.45, 2.75) is 25.7 Å². The number of hydrogen-bond acceptors (Lipinski definition) is 6. The number of esters is 2. The van der Waals surface area contributed by atoms with Crippen LogP contribution in [-0.4, -0.2) is 35.3 Å². The van der Waals surface area contributed by atoms with Gasteiger partial charge in [0.1, 0.15) is 0 Å². The smallest absolute Gasteiger partial charge is 0.372 e. The summed E-state index contributed by atoms with van der Waals surface area (Å²) in [5.41, 5.74) is 5.14. The lowest BCUT2D eigenvalue weighted by molar-refractivity contribution is -0.160. The first kappa shape index (κ1) is 14.2. The molecule has 0 amide bonds. The summed E-state index contributed by atoms with van der Waals surface area (Å²) in [6.07, 6.45) is -0.465. The van der Waals surface area contributed by atoms with Gasteiger partial charge in [-0.2, -0.15) is 0 Å². The second-order valence-electron chi connectivity index (χ2n) is 2.97. The molecule has 0 unspecified atom stereocenters. The maximum absolute atomic E-state index is 10.9. The van der Waals surface area contributed by atoms with E-state index in [0.29, 0.717) is 13.0 Å². The van der Waals surface area contributed by atoms with E-state index in [1.807, 2.05) is 0 Å². The Kier molecular flexibility index (Phi) is 6.69. The first-order valence-electron chi connectivity index (χ1n) is 4.67. The second-order valence-corrected chi connectivity index (χ2v) is 2.97. The van der Waals surface area contributed by atoms with Crippen LogP contribution in [0.2, 0.25) is 0 Å². The molecule has 7 nitrogen and oxygen atoms in total. The zero-order chi connectivity index (χ0) is 12.6. The minimum Gasteiger partial charge on any atom is -0.476 e. The van der Waals surface area contributed by atoms with Crippen LogP contribution in [0.3, 0.4) is 0 Å². The van der Waals surface area contributed by atoms with Crippen LogP contribution < -0.4 is 5.73 Å². The molecule has 0 aliphatic heterocycles. The summed E-state index contributed by atoms with van der Waals surface area (Å²) in [4.78, 5) is 42.5. The summed E-state index contributed by atoms with van der Waals surface area (Å²) in [6.45, 7) is 0.306. The fourth-order valence-electron chi connectivity index (χ4n) is 0.798. The maximum atomic E-state index is 10.9. The van der Waals surface area contributed by atoms with Crippen molar-refractivity contribution in [1.82, 2.24) is 0 Å². The molecule has 0 aromatic heterocycles. The number of aliphatic carboxylic acids is 1. The van der Waals surface area contributed by atoms with Crippen LogP contribution in [0.4, 0.5) is 0 Å². The standard InChI is InChI=1S/C9H13NO6/c10-5-1-2-7(12)16-8(13)4-3-6(11)9(14)15/h1-5,10H2,(H,14,15). The van der Waals surface area contributed by atoms with E-state index in [-0.39, 0.29) is 6.42 Å². The van der Waals surface area contributed by atoms with Crippen molar-refractivity contribution in [1.29, 1.82) is 0 Å². The second kappa shape index (κ2) is 7.52. The molecule has 0 saturated carbocycles. The normalized spacial score (nSPS) is 9.56. The molecule has 0 spiro atoms. The predicted octanol–water partition coefficient (Wildman–Crippen LogP) is -0.771. The van der Waals surface area contributed by atoms with E-state index in [9.17, 15) is 19.2 Å². The SMILES string of the molecule is NCCCC(=O)OC(=O)CCC(=O)C(=O)O. The van der Waals surface area contributed by atoms with Gasteiger partial charge in [-0.15, -0.1) is 0 Å². The topological polar surface area (TPSA) is 124 Å². The summed E-state index contributed by atoms with van der Waals surface area (Å²) in [6, 6.07) is 0. The van der Waals surface area contributed by atoms with Gasteiger partial charge in [-0.25, -0.2) is 4.79 Å². The van der Waals surface area contributed by atoms with Gasteiger partial charge in [-0.05, 0) is 13.0 Å². The number of carbonyl (C=O) groups is 4. The van der Waals surface area contributed by atoms with Crippen molar-refractivity contribution in [2.24, 2.45) is 5.73 Å². The van der Waals surface area contributed by atoms with Crippen LogP contribution in [0.25, 0.3) is 0 Å². The molecule has 0 heterocycles. The van der Waals surface area contributed by atoms with Crippen molar-refractivity contribution in [3.05, 3.63) is 0 Å². The quantitative estimate of drug-likeness (QED) is 0.335. The molecule has 90 valence electrons. The van der Waals surface area contributed by atoms with E-state index in [1.54, 1.807) is 0 Å². The number of hydrogen-bond donors (Lipinski definition) is 2. The minimum absolute atomic E-state index is 0.0229. The first-order chi connectivity index (χ1) is 7.47. The summed E-state index contributed by atoms with van der Waals surface area (Å²) in [7, 11) is 0. The zero-order valence-corrected chi connectivity index (χ0v) is 8.60. The van der Waals surface area contributed by atoms with Crippen molar-refractivity contribution in [2.75, 3.05) is 6.54 Å². The summed E-state index contributed by atoms with van der Waals surface area (Å²) in [5.74, 6) is -4.33. The van der Waals surface area contributed by atoms with Crippen LogP contribution in [0.1, 0.15) is 25.7 Å². The zero-order valence-electron chi connectivity index (χ0n) is 8.60. The maximum Gasteiger partial charge on any atom is 0.372 e. The molecule has 0 atom stereocenters. The van der Waals surface area contributed by atoms with Gasteiger partial charge >= 0.3 is 17.9 Å². The van der Waals surface area contributed by atoms with Gasteiger partial charge in [0, 0.05) is 12.8 Å². The monoisotopic (exact) mass is 231 g/mol. The molecular formula is C9H13NO6. The molecule has 7 heteroatoms. The largest absolute Gasteiger partial charge is 0.476 e. The average molecular weight is 231 g/mol. The highest BCUT2D eigenvalue weighted by Gasteiger charge is 2.16. The van der Waals surface area contributed by atoms with E-state index >= 15 is 0 Å². The molecule has 0 aromatic rings. The van der Waals surface area contributed by atoms with Crippen LogP contribution in [0.15, 0.2) is 0 Å². The fourth-order valence-corrected chi connectivity index (χ4v) is 0.798. The van der Waals surface area contributed by atoms with Crippen LogP contribution in [-0.2, 0) is 23.9 Å². The Morgan fingerprint density at radius 3 is 2.06 bits per heavy atom. The van der Waals surface area contributed by atoms with Gasteiger partial charge in [0.25, 0.3) is 0 Å². The molecule has 0 saturated heterocycles. The Bertz CT molecular complexity index is 298. The third-order valence-corrected chi connectivity index (χ3v) is 1.61. The van der Waals surface area contributed by atoms with Gasteiger partial charge in [0.2, 0.25) is 5.78 Å². The number of carboxylic acids is 1. The highest BCUT2D eigenvalue weighted by Crippen LogP contribution is 1.98. The molecule has 0 aromatic carbocycles. The van der Waals surface area contributed by atoms with Gasteiger partial charge in [0.15, 0.2) is 0 Å². The van der Waals surface area contributed by atoms with E-state index in [2.05, 4.69) is 4.74 Å². The number of carbonyl (C=O) groups excluding carboxylic acids is 3. The van der Waals surface area contributed by atoms with Crippen LogP contribution >= 0.6 is 0 Å². The summed E-state index contributed by atoms with van der Waals surface area (Å²) < 4.78 is 4.30. The van der Waals surface area contributed by atoms with Gasteiger partial charge in [-0.3, -0.25) is 14.4 Å². The van der Waals surface area contributed by atoms with Gasteiger partial charge in [-0.1, -0.05) is 0 Å². The summed E-state index contributed by atoms with van der Waals surface area (Å²) >= 11 is 0. The van der Waals surface area contributed by atoms with Crippen LogP contribution in [0.5, 0.6) is 0 Å². The Morgan fingerprint density at radius 2 is 1.56 bits per heavy atom. The van der Waals surface area contributed by atoms with Crippen molar-refractivity contribution in [3.8, 4) is 0 Å². The fraction of sp³-hybridized carbons (Fsp3) is 0.556. The van der Waals surface area contributed by atoms with Crippen LogP contribution in [0, 0.1) is 0 Å². The third-order valence-electron chi connectivity index (χ3n) is 1.61. The van der Waals surface area contributed by atoms with E-state index in [4.69, 9.17) is 10.8 Å². The van der Waals surface area contributed by atoms with Crippen molar-refractivity contribution in [3.63, 3.8) is 0 Å². The highest BCUT2D eigenvalue weighted by atomic mass is 16.6. The number of rotatable bonds is 7. The third kappa shape index (κ3) is 6.66. The molecule has 0 bridgehead atoms. The number of ether oxygens (including phenoxy) is 1. The molecule has 0 rings (SSSR count). The molecule has 3 N–H and O–H groups in total. The molecule has 0 fully saturated rings. The molecule has 16 heavy (non-hydrogen) atoms. The number of ketones is 1. The minimum atomic E-state index is -1.61. The number of carboxylic acid groups (broad SMARTS) is 1. The summed E-state index contributed by atoms with van der Waals surface area (Å²) in [5, 5.41) is 8.21. The van der Waals surface area contributed by atoms with Crippen molar-refractivity contribution < 1.29 is 29.0 Å². The van der Waals surface area contributed by atoms with Crippen molar-refractivity contribution >= 4 is 23.7 Å². The van der Waals surface area contributed by atoms with E-state index in [1.165, 1.54) is 0 Å². The molecular weight excluding hydrogens is 218 g/mol. The molecule has 0 aliphatic rings. The lowest BCUT2D eigenvalue weighted by Crippen LogP contribution is -2.17. The van der Waals surface area contributed by atoms with E-state index < -0.39 is 36.5 Å². The number of Topliss-reactive ketones (excluding diaryl/α,β-unsaturated/α-hetero) is 1. The molecule has 0 radical (unpaired) electrons.